The fourth-order valence-electron chi connectivity index (χ4n) is 2.15. The highest BCUT2D eigenvalue weighted by atomic mass is 16.5. The molecule has 0 aromatic heterocycles. The van der Waals surface area contributed by atoms with Crippen molar-refractivity contribution in [1.29, 1.82) is 0 Å². The molecule has 0 aliphatic rings. The van der Waals surface area contributed by atoms with Crippen molar-refractivity contribution in [3.63, 3.8) is 0 Å². The lowest BCUT2D eigenvalue weighted by atomic mass is 10.1. The molecule has 3 nitrogen and oxygen atoms in total. The van der Waals surface area contributed by atoms with E-state index in [4.69, 9.17) is 9.47 Å². The van der Waals surface area contributed by atoms with Gasteiger partial charge in [-0.1, -0.05) is 44.4 Å². The lowest BCUT2D eigenvalue weighted by Crippen LogP contribution is -2.02. The summed E-state index contributed by atoms with van der Waals surface area (Å²) in [5, 5.41) is 0. The Labute approximate surface area is 134 Å². The normalized spacial score (nSPS) is 10.8. The number of hydrogen-bond donors (Lipinski definition) is 0. The second-order valence-electron chi connectivity index (χ2n) is 5.33. The van der Waals surface area contributed by atoms with Gasteiger partial charge in [0.1, 0.15) is 5.75 Å². The van der Waals surface area contributed by atoms with Gasteiger partial charge < -0.3 is 9.47 Å². The number of esters is 1. The molecule has 0 fully saturated rings. The first kappa shape index (κ1) is 18.3. The molecule has 0 atom stereocenters. The Morgan fingerprint density at radius 2 is 1.86 bits per heavy atom. The molecule has 22 heavy (non-hydrogen) atoms. The summed E-state index contributed by atoms with van der Waals surface area (Å²) in [6.45, 7) is 2.89. The summed E-state index contributed by atoms with van der Waals surface area (Å²) in [7, 11) is 1.38. The van der Waals surface area contributed by atoms with Gasteiger partial charge in [-0.05, 0) is 43.9 Å². The topological polar surface area (TPSA) is 35.5 Å². The van der Waals surface area contributed by atoms with Crippen LogP contribution in [0.1, 0.15) is 62.2 Å². The minimum atomic E-state index is -0.337. The highest BCUT2D eigenvalue weighted by Crippen LogP contribution is 2.14. The van der Waals surface area contributed by atoms with Crippen molar-refractivity contribution in [2.45, 2.75) is 51.9 Å². The maximum absolute atomic E-state index is 11.4. The third kappa shape index (κ3) is 7.87. The van der Waals surface area contributed by atoms with Crippen LogP contribution in [0.2, 0.25) is 0 Å². The monoisotopic (exact) mass is 304 g/mol. The zero-order valence-electron chi connectivity index (χ0n) is 13.8. The summed E-state index contributed by atoms with van der Waals surface area (Å²) < 4.78 is 10.4. The second kappa shape index (κ2) is 11.8. The van der Waals surface area contributed by atoms with E-state index in [0.29, 0.717) is 17.9 Å². The molecule has 0 heterocycles. The van der Waals surface area contributed by atoms with Gasteiger partial charge >= 0.3 is 5.97 Å². The fraction of sp³-hybridized carbons (Fsp3) is 0.526. The Kier molecular flexibility index (Phi) is 9.84. The van der Waals surface area contributed by atoms with Crippen molar-refractivity contribution in [2.75, 3.05) is 13.7 Å². The van der Waals surface area contributed by atoms with Crippen LogP contribution < -0.4 is 4.74 Å². The average molecular weight is 304 g/mol. The van der Waals surface area contributed by atoms with Crippen LogP contribution in [0, 0.1) is 0 Å². The molecular formula is C19H28O3. The lowest BCUT2D eigenvalue weighted by Gasteiger charge is -2.06. The van der Waals surface area contributed by atoms with Gasteiger partial charge in [0.15, 0.2) is 0 Å². The maximum atomic E-state index is 11.4. The average Bonchev–Trinajstić information content (AvgIpc) is 2.56. The van der Waals surface area contributed by atoms with E-state index in [1.807, 2.05) is 6.07 Å². The molecule has 0 amide bonds. The molecule has 3 heteroatoms. The number of carbonyl (C=O) groups excluding carboxylic acids is 1. The summed E-state index contributed by atoms with van der Waals surface area (Å²) in [5.74, 6) is 0.378. The number of unbranched alkanes of at least 4 members (excludes halogenated alkanes) is 5. The van der Waals surface area contributed by atoms with Gasteiger partial charge in [0.25, 0.3) is 0 Å². The first-order valence-corrected chi connectivity index (χ1v) is 8.24. The SMILES string of the molecule is CCCCCCC=CCCCOc1cccc(C(=O)OC)c1. The van der Waals surface area contributed by atoms with Gasteiger partial charge in [-0.15, -0.1) is 0 Å². The van der Waals surface area contributed by atoms with Crippen LogP contribution in [-0.4, -0.2) is 19.7 Å². The van der Waals surface area contributed by atoms with Crippen LogP contribution in [0.5, 0.6) is 5.75 Å². The second-order valence-corrected chi connectivity index (χ2v) is 5.33. The Morgan fingerprint density at radius 3 is 2.59 bits per heavy atom. The Morgan fingerprint density at radius 1 is 1.09 bits per heavy atom. The number of carbonyl (C=O) groups is 1. The number of hydrogen-bond acceptors (Lipinski definition) is 3. The van der Waals surface area contributed by atoms with Crippen LogP contribution >= 0.6 is 0 Å². The first-order valence-electron chi connectivity index (χ1n) is 8.24. The lowest BCUT2D eigenvalue weighted by molar-refractivity contribution is 0.0600. The van der Waals surface area contributed by atoms with Crippen molar-refractivity contribution < 1.29 is 14.3 Å². The van der Waals surface area contributed by atoms with Crippen molar-refractivity contribution in [1.82, 2.24) is 0 Å². The summed E-state index contributed by atoms with van der Waals surface area (Å²) in [5.41, 5.74) is 0.520. The van der Waals surface area contributed by atoms with Gasteiger partial charge in [0, 0.05) is 0 Å². The minimum Gasteiger partial charge on any atom is -0.494 e. The Bertz CT molecular complexity index is 452. The summed E-state index contributed by atoms with van der Waals surface area (Å²) in [6, 6.07) is 7.10. The summed E-state index contributed by atoms with van der Waals surface area (Å²) >= 11 is 0. The van der Waals surface area contributed by atoms with Crippen molar-refractivity contribution in [2.24, 2.45) is 0 Å². The van der Waals surface area contributed by atoms with Crippen LogP contribution in [0.15, 0.2) is 36.4 Å². The number of methoxy groups -OCH3 is 1. The standard InChI is InChI=1S/C19H28O3/c1-3-4-5-6-7-8-9-10-11-15-22-18-14-12-13-17(16-18)19(20)21-2/h8-9,12-14,16H,3-7,10-11,15H2,1-2H3. The van der Waals surface area contributed by atoms with Gasteiger partial charge in [0.2, 0.25) is 0 Å². The van der Waals surface area contributed by atoms with Crippen molar-refractivity contribution in [3.05, 3.63) is 42.0 Å². The molecule has 1 aromatic rings. The molecule has 0 spiro atoms. The van der Waals surface area contributed by atoms with Crippen molar-refractivity contribution in [3.8, 4) is 5.75 Å². The van der Waals surface area contributed by atoms with Crippen LogP contribution in [0.3, 0.4) is 0 Å². The molecule has 0 aliphatic carbocycles. The molecule has 0 saturated heterocycles. The molecule has 1 aromatic carbocycles. The Balaban J connectivity index is 2.14. The molecule has 1 rings (SSSR count). The van der Waals surface area contributed by atoms with Gasteiger partial charge in [-0.2, -0.15) is 0 Å². The maximum Gasteiger partial charge on any atom is 0.337 e. The third-order valence-electron chi connectivity index (χ3n) is 3.43. The van der Waals surface area contributed by atoms with E-state index in [2.05, 4.69) is 19.1 Å². The van der Waals surface area contributed by atoms with E-state index in [1.54, 1.807) is 18.2 Å². The molecule has 122 valence electrons. The molecule has 0 unspecified atom stereocenters. The zero-order chi connectivity index (χ0) is 16.0. The largest absolute Gasteiger partial charge is 0.494 e. The molecule has 0 aliphatic heterocycles. The van der Waals surface area contributed by atoms with Crippen LogP contribution in [-0.2, 0) is 4.74 Å². The highest BCUT2D eigenvalue weighted by molar-refractivity contribution is 5.89. The van der Waals surface area contributed by atoms with Crippen LogP contribution in [0.4, 0.5) is 0 Å². The minimum absolute atomic E-state index is 0.337. The third-order valence-corrected chi connectivity index (χ3v) is 3.43. The molecular weight excluding hydrogens is 276 g/mol. The Hall–Kier alpha value is -1.77. The number of benzene rings is 1. The van der Waals surface area contributed by atoms with Gasteiger partial charge in [-0.3, -0.25) is 0 Å². The molecule has 0 bridgehead atoms. The summed E-state index contributed by atoms with van der Waals surface area (Å²) in [4.78, 5) is 11.4. The number of ether oxygens (including phenoxy) is 2. The highest BCUT2D eigenvalue weighted by Gasteiger charge is 2.05. The van der Waals surface area contributed by atoms with E-state index in [0.717, 1.165) is 12.8 Å². The molecule has 0 saturated carbocycles. The van der Waals surface area contributed by atoms with E-state index in [-0.39, 0.29) is 5.97 Å². The fourth-order valence-corrected chi connectivity index (χ4v) is 2.15. The number of rotatable bonds is 11. The predicted molar refractivity (Wildman–Crippen MR) is 90.4 cm³/mol. The van der Waals surface area contributed by atoms with E-state index < -0.39 is 0 Å². The predicted octanol–water partition coefficient (Wildman–Crippen LogP) is 5.16. The van der Waals surface area contributed by atoms with E-state index >= 15 is 0 Å². The smallest absolute Gasteiger partial charge is 0.337 e. The van der Waals surface area contributed by atoms with Crippen LogP contribution in [0.25, 0.3) is 0 Å². The number of allylic oxidation sites excluding steroid dienone is 2. The van der Waals surface area contributed by atoms with Crippen molar-refractivity contribution >= 4 is 5.97 Å². The van der Waals surface area contributed by atoms with E-state index in [9.17, 15) is 4.79 Å². The zero-order valence-corrected chi connectivity index (χ0v) is 13.8. The quantitative estimate of drug-likeness (QED) is 0.322. The molecule has 0 N–H and O–H groups in total. The van der Waals surface area contributed by atoms with Gasteiger partial charge in [-0.25, -0.2) is 4.79 Å². The van der Waals surface area contributed by atoms with E-state index in [1.165, 1.54) is 39.2 Å². The first-order chi connectivity index (χ1) is 10.8. The van der Waals surface area contributed by atoms with Gasteiger partial charge in [0.05, 0.1) is 19.3 Å². The summed E-state index contributed by atoms with van der Waals surface area (Å²) in [6.07, 6.45) is 13.0. The molecule has 0 radical (unpaired) electrons.